The molecule has 1 N–H and O–H groups in total. The van der Waals surface area contributed by atoms with Crippen LogP contribution in [0.25, 0.3) is 0 Å². The molecule has 0 amide bonds. The number of ether oxygens (including phenoxy) is 2. The maximum absolute atomic E-state index is 6.09. The molecule has 1 aliphatic heterocycles. The van der Waals surface area contributed by atoms with Crippen LogP contribution in [0.3, 0.4) is 0 Å². The zero-order valence-electron chi connectivity index (χ0n) is 16.5. The van der Waals surface area contributed by atoms with Gasteiger partial charge in [0.2, 0.25) is 0 Å². The third kappa shape index (κ3) is 5.68. The molecule has 1 fully saturated rings. The summed E-state index contributed by atoms with van der Waals surface area (Å²) in [6, 6.07) is 10.1. The average Bonchev–Trinajstić information content (AvgIpc) is 2.61. The van der Waals surface area contributed by atoms with E-state index in [-0.39, 0.29) is 12.2 Å². The monoisotopic (exact) mass is 557 g/mol. The summed E-state index contributed by atoms with van der Waals surface area (Å²) in [6.45, 7) is 9.93. The Bertz CT molecular complexity index is 865. The molecule has 2 aromatic rings. The Morgan fingerprint density at radius 1 is 1.18 bits per heavy atom. The van der Waals surface area contributed by atoms with E-state index < -0.39 is 0 Å². The normalized spacial score (nSPS) is 20.5. The van der Waals surface area contributed by atoms with Crippen LogP contribution < -0.4 is 10.2 Å². The van der Waals surface area contributed by atoms with E-state index in [1.807, 2.05) is 38.1 Å². The summed E-state index contributed by atoms with van der Waals surface area (Å²) in [5.41, 5.74) is 6.31. The molecule has 5 nitrogen and oxygen atoms in total. The van der Waals surface area contributed by atoms with Crippen molar-refractivity contribution in [2.75, 3.05) is 13.1 Å². The lowest BCUT2D eigenvalue weighted by atomic mass is 10.1. The highest BCUT2D eigenvalue weighted by molar-refractivity contribution is 14.1. The molecular formula is C21H25BrIN3O2. The Morgan fingerprint density at radius 3 is 2.57 bits per heavy atom. The summed E-state index contributed by atoms with van der Waals surface area (Å²) in [6.07, 6.45) is 2.18. The minimum Gasteiger partial charge on any atom is -0.457 e. The highest BCUT2D eigenvalue weighted by Crippen LogP contribution is 2.33. The summed E-state index contributed by atoms with van der Waals surface area (Å²) >= 11 is 5.80. The molecule has 0 bridgehead atoms. The molecule has 0 saturated carbocycles. The first-order valence-corrected chi connectivity index (χ1v) is 11.1. The zero-order valence-corrected chi connectivity index (χ0v) is 20.2. The van der Waals surface area contributed by atoms with Crippen molar-refractivity contribution in [1.29, 1.82) is 0 Å². The van der Waals surface area contributed by atoms with Gasteiger partial charge >= 0.3 is 0 Å². The van der Waals surface area contributed by atoms with Gasteiger partial charge in [-0.25, -0.2) is 10.0 Å². The van der Waals surface area contributed by atoms with Gasteiger partial charge in [0.05, 0.1) is 17.9 Å². The van der Waals surface area contributed by atoms with Gasteiger partial charge in [0.25, 0.3) is 0 Å². The van der Waals surface area contributed by atoms with Crippen molar-refractivity contribution >= 4 is 50.5 Å². The van der Waals surface area contributed by atoms with E-state index in [1.165, 1.54) is 0 Å². The van der Waals surface area contributed by atoms with Gasteiger partial charge in [-0.05, 0) is 108 Å². The average molecular weight is 558 g/mol. The number of hydrogen-bond donors (Lipinski definition) is 1. The molecular weight excluding hydrogens is 533 g/mol. The van der Waals surface area contributed by atoms with Crippen molar-refractivity contribution in [3.05, 3.63) is 49.5 Å². The number of hydrogen-bond acceptors (Lipinski definition) is 4. The molecule has 28 heavy (non-hydrogen) atoms. The summed E-state index contributed by atoms with van der Waals surface area (Å²) in [4.78, 5) is 4.60. The third-order valence-electron chi connectivity index (χ3n) is 4.48. The molecule has 2 aromatic carbocycles. The number of hydrazine groups is 1. The number of rotatable bonds is 5. The van der Waals surface area contributed by atoms with Crippen LogP contribution in [0.15, 0.2) is 39.8 Å². The van der Waals surface area contributed by atoms with Crippen molar-refractivity contribution in [3.63, 3.8) is 0 Å². The lowest BCUT2D eigenvalue weighted by Crippen LogP contribution is -2.51. The molecule has 0 aromatic heterocycles. The van der Waals surface area contributed by atoms with Crippen molar-refractivity contribution in [2.24, 2.45) is 4.99 Å². The van der Waals surface area contributed by atoms with Crippen molar-refractivity contribution in [2.45, 2.75) is 39.9 Å². The predicted octanol–water partition coefficient (Wildman–Crippen LogP) is 5.74. The minimum absolute atomic E-state index is 0.215. The molecule has 2 atom stereocenters. The van der Waals surface area contributed by atoms with Crippen LogP contribution in [0.5, 0.6) is 11.5 Å². The Labute approximate surface area is 188 Å². The quantitative estimate of drug-likeness (QED) is 0.289. The summed E-state index contributed by atoms with van der Waals surface area (Å²) in [5, 5.41) is 2.14. The second kappa shape index (κ2) is 9.56. The molecule has 0 spiro atoms. The van der Waals surface area contributed by atoms with E-state index in [1.54, 1.807) is 6.34 Å². The predicted molar refractivity (Wildman–Crippen MR) is 126 cm³/mol. The Hall–Kier alpha value is -1.16. The largest absolute Gasteiger partial charge is 0.457 e. The molecule has 1 aliphatic rings. The van der Waals surface area contributed by atoms with Gasteiger partial charge in [0.1, 0.15) is 17.8 Å². The topological polar surface area (TPSA) is 46.1 Å². The van der Waals surface area contributed by atoms with Crippen molar-refractivity contribution in [1.82, 2.24) is 10.4 Å². The van der Waals surface area contributed by atoms with E-state index in [2.05, 4.69) is 73.9 Å². The van der Waals surface area contributed by atoms with Gasteiger partial charge in [-0.15, -0.1) is 0 Å². The summed E-state index contributed by atoms with van der Waals surface area (Å²) in [5.74, 6) is 1.67. The standard InChI is InChI=1S/C21H25BrIN3O2/c1-13-8-21(28-17-5-6-18(22)19(23)9-17)14(2)7-20(13)24-12-25-26-10-15(3)27-16(4)11-26/h5-9,12,15-16H,10-11H2,1-4H3,(H,24,25). The van der Waals surface area contributed by atoms with Crippen LogP contribution >= 0.6 is 38.5 Å². The second-order valence-corrected chi connectivity index (χ2v) is 9.15. The first-order chi connectivity index (χ1) is 13.3. The molecule has 2 unspecified atom stereocenters. The maximum atomic E-state index is 6.09. The molecule has 0 radical (unpaired) electrons. The minimum atomic E-state index is 0.215. The number of nitrogens with one attached hydrogen (secondary N) is 1. The Kier molecular flexibility index (Phi) is 7.36. The van der Waals surface area contributed by atoms with Crippen molar-refractivity contribution < 1.29 is 9.47 Å². The van der Waals surface area contributed by atoms with Gasteiger partial charge in [0, 0.05) is 21.1 Å². The number of nitrogens with zero attached hydrogens (tertiary/aromatic N) is 2. The van der Waals surface area contributed by atoms with Crippen LogP contribution in [0.4, 0.5) is 5.69 Å². The number of benzene rings is 2. The second-order valence-electron chi connectivity index (χ2n) is 7.13. The third-order valence-corrected chi connectivity index (χ3v) is 6.80. The fraction of sp³-hybridized carbons (Fsp3) is 0.381. The van der Waals surface area contributed by atoms with E-state index in [4.69, 9.17) is 9.47 Å². The van der Waals surface area contributed by atoms with Crippen LogP contribution in [0.1, 0.15) is 25.0 Å². The van der Waals surface area contributed by atoms with Crippen LogP contribution in [-0.4, -0.2) is 36.6 Å². The lowest BCUT2D eigenvalue weighted by Gasteiger charge is -2.34. The fourth-order valence-electron chi connectivity index (χ4n) is 3.15. The number of morpholine rings is 1. The maximum Gasteiger partial charge on any atom is 0.130 e. The first kappa shape index (κ1) is 21.5. The van der Waals surface area contributed by atoms with E-state index in [9.17, 15) is 0 Å². The van der Waals surface area contributed by atoms with Crippen LogP contribution in [-0.2, 0) is 4.74 Å². The van der Waals surface area contributed by atoms with Gasteiger partial charge < -0.3 is 14.9 Å². The molecule has 0 aliphatic carbocycles. The highest BCUT2D eigenvalue weighted by atomic mass is 127. The fourth-order valence-corrected chi connectivity index (χ4v) is 3.89. The van der Waals surface area contributed by atoms with E-state index in [0.29, 0.717) is 0 Å². The summed E-state index contributed by atoms with van der Waals surface area (Å²) in [7, 11) is 0. The van der Waals surface area contributed by atoms with Gasteiger partial charge in [-0.1, -0.05) is 0 Å². The molecule has 1 saturated heterocycles. The molecule has 1 heterocycles. The SMILES string of the molecule is Cc1cc(Oc2ccc(Br)c(I)c2)c(C)cc1N=CNN1CC(C)OC(C)C1. The zero-order chi connectivity index (χ0) is 20.3. The summed E-state index contributed by atoms with van der Waals surface area (Å²) < 4.78 is 14.0. The Balaban J connectivity index is 1.68. The Morgan fingerprint density at radius 2 is 1.89 bits per heavy atom. The van der Waals surface area contributed by atoms with Gasteiger partial charge in [-0.2, -0.15) is 0 Å². The number of halogens is 2. The smallest absolute Gasteiger partial charge is 0.130 e. The van der Waals surface area contributed by atoms with Crippen molar-refractivity contribution in [3.8, 4) is 11.5 Å². The first-order valence-electron chi connectivity index (χ1n) is 9.25. The lowest BCUT2D eigenvalue weighted by molar-refractivity contribution is -0.0760. The van der Waals surface area contributed by atoms with E-state index >= 15 is 0 Å². The van der Waals surface area contributed by atoms with Gasteiger partial charge in [0.15, 0.2) is 0 Å². The van der Waals surface area contributed by atoms with Crippen LogP contribution in [0, 0.1) is 17.4 Å². The van der Waals surface area contributed by atoms with Crippen LogP contribution in [0.2, 0.25) is 0 Å². The number of aryl methyl sites for hydroxylation is 2. The molecule has 150 valence electrons. The molecule has 7 heteroatoms. The number of aliphatic imine (C=N–C) groups is 1. The van der Waals surface area contributed by atoms with E-state index in [0.717, 1.165) is 49.4 Å². The van der Waals surface area contributed by atoms with Gasteiger partial charge in [-0.3, -0.25) is 0 Å². The molecule has 3 rings (SSSR count). The highest BCUT2D eigenvalue weighted by Gasteiger charge is 2.21.